The molecule has 0 saturated heterocycles. The van der Waals surface area contributed by atoms with Gasteiger partial charge in [-0.3, -0.25) is 0 Å². The van der Waals surface area contributed by atoms with Gasteiger partial charge in [0.25, 0.3) is 0 Å². The number of aryl methyl sites for hydroxylation is 1. The van der Waals surface area contributed by atoms with Crippen LogP contribution in [0.15, 0.2) is 18.2 Å². The molecule has 0 aromatic heterocycles. The van der Waals surface area contributed by atoms with Gasteiger partial charge in [-0.1, -0.05) is 26.0 Å². The second-order valence-corrected chi connectivity index (χ2v) is 6.17. The van der Waals surface area contributed by atoms with Crippen LogP contribution in [0, 0.1) is 6.92 Å². The third-order valence-corrected chi connectivity index (χ3v) is 3.48. The van der Waals surface area contributed by atoms with Crippen LogP contribution in [-0.4, -0.2) is 22.7 Å². The van der Waals surface area contributed by atoms with Gasteiger partial charge in [0.15, 0.2) is 0 Å². The van der Waals surface area contributed by atoms with Crippen molar-refractivity contribution in [2.45, 2.75) is 39.0 Å². The molecule has 1 aromatic rings. The lowest BCUT2D eigenvalue weighted by Crippen LogP contribution is -2.06. The molecule has 0 spiro atoms. The van der Waals surface area contributed by atoms with Crippen molar-refractivity contribution >= 4 is 11.8 Å². The van der Waals surface area contributed by atoms with Crippen molar-refractivity contribution in [1.29, 1.82) is 0 Å². The molecule has 1 N–H and O–H groups in total. The van der Waals surface area contributed by atoms with E-state index >= 15 is 0 Å². The van der Waals surface area contributed by atoms with Crippen molar-refractivity contribution in [2.24, 2.45) is 0 Å². The molecule has 0 heterocycles. The predicted octanol–water partition coefficient (Wildman–Crippen LogP) is 3.57. The van der Waals surface area contributed by atoms with Gasteiger partial charge >= 0.3 is 0 Å². The number of hydrogen-bond donors (Lipinski definition) is 1. The fraction of sp³-hybridized carbons (Fsp3) is 0.571. The first kappa shape index (κ1) is 14.4. The Bertz CT molecular complexity index is 348. The van der Waals surface area contributed by atoms with Gasteiger partial charge in [0.05, 0.1) is 12.7 Å². The molecule has 2 nitrogen and oxygen atoms in total. The smallest absolute Gasteiger partial charge is 0.125 e. The summed E-state index contributed by atoms with van der Waals surface area (Å²) in [6.45, 7) is 8.84. The zero-order chi connectivity index (χ0) is 12.8. The molecule has 0 fully saturated rings. The fourth-order valence-electron chi connectivity index (χ4n) is 1.55. The largest absolute Gasteiger partial charge is 0.492 e. The first-order valence-corrected chi connectivity index (χ1v) is 7.08. The molecule has 17 heavy (non-hydrogen) atoms. The Morgan fingerprint density at radius 2 is 2.00 bits per heavy atom. The van der Waals surface area contributed by atoms with Crippen molar-refractivity contribution in [3.8, 4) is 5.75 Å². The molecular formula is C14H22O2S. The van der Waals surface area contributed by atoms with Gasteiger partial charge in [-0.15, -0.1) is 0 Å². The molecule has 0 bridgehead atoms. The summed E-state index contributed by atoms with van der Waals surface area (Å²) < 4.78 is 5.75. The van der Waals surface area contributed by atoms with Crippen molar-refractivity contribution < 1.29 is 9.84 Å². The molecular weight excluding hydrogens is 232 g/mol. The van der Waals surface area contributed by atoms with E-state index < -0.39 is 6.10 Å². The average Bonchev–Trinajstić information content (AvgIpc) is 2.23. The molecule has 1 aromatic carbocycles. The summed E-state index contributed by atoms with van der Waals surface area (Å²) in [5, 5.41) is 10.3. The second-order valence-electron chi connectivity index (χ2n) is 4.49. The average molecular weight is 254 g/mol. The van der Waals surface area contributed by atoms with Crippen LogP contribution in [0.3, 0.4) is 0 Å². The Kier molecular flexibility index (Phi) is 5.86. The highest BCUT2D eigenvalue weighted by atomic mass is 32.2. The predicted molar refractivity (Wildman–Crippen MR) is 74.9 cm³/mol. The highest BCUT2D eigenvalue weighted by molar-refractivity contribution is 7.99. The summed E-state index contributed by atoms with van der Waals surface area (Å²) in [6, 6.07) is 5.92. The van der Waals surface area contributed by atoms with Gasteiger partial charge < -0.3 is 9.84 Å². The lowest BCUT2D eigenvalue weighted by molar-refractivity contribution is 0.192. The number of rotatable bonds is 6. The van der Waals surface area contributed by atoms with E-state index in [1.807, 2.05) is 36.9 Å². The molecule has 0 aliphatic rings. The Hall–Kier alpha value is -0.670. The van der Waals surface area contributed by atoms with Crippen molar-refractivity contribution in [2.75, 3.05) is 12.4 Å². The summed E-state index contributed by atoms with van der Waals surface area (Å²) in [4.78, 5) is 0. The maximum absolute atomic E-state index is 9.65. The molecule has 96 valence electrons. The van der Waals surface area contributed by atoms with Crippen molar-refractivity contribution in [1.82, 2.24) is 0 Å². The summed E-state index contributed by atoms with van der Waals surface area (Å²) >= 11 is 1.88. The summed E-state index contributed by atoms with van der Waals surface area (Å²) in [5.74, 6) is 1.79. The minimum atomic E-state index is -0.483. The van der Waals surface area contributed by atoms with Gasteiger partial charge in [-0.05, 0) is 30.7 Å². The maximum Gasteiger partial charge on any atom is 0.125 e. The zero-order valence-corrected chi connectivity index (χ0v) is 11.9. The Morgan fingerprint density at radius 1 is 1.29 bits per heavy atom. The van der Waals surface area contributed by atoms with E-state index in [1.165, 1.54) is 0 Å². The Morgan fingerprint density at radius 3 is 2.59 bits per heavy atom. The van der Waals surface area contributed by atoms with E-state index in [4.69, 9.17) is 4.74 Å². The molecule has 3 heteroatoms. The molecule has 0 amide bonds. The third-order valence-electron chi connectivity index (χ3n) is 2.41. The maximum atomic E-state index is 9.65. The number of hydrogen-bond acceptors (Lipinski definition) is 3. The number of ether oxygens (including phenoxy) is 1. The van der Waals surface area contributed by atoms with E-state index in [9.17, 15) is 5.11 Å². The van der Waals surface area contributed by atoms with Crippen LogP contribution in [0.25, 0.3) is 0 Å². The van der Waals surface area contributed by atoms with Gasteiger partial charge in [-0.2, -0.15) is 11.8 Å². The fourth-order valence-corrected chi connectivity index (χ4v) is 2.20. The minimum absolute atomic E-state index is 0.483. The summed E-state index contributed by atoms with van der Waals surface area (Å²) in [7, 11) is 0. The molecule has 0 aliphatic heterocycles. The lowest BCUT2D eigenvalue weighted by Gasteiger charge is -2.14. The lowest BCUT2D eigenvalue weighted by atomic mass is 10.1. The Balaban J connectivity index is 2.59. The van der Waals surface area contributed by atoms with Crippen molar-refractivity contribution in [3.63, 3.8) is 0 Å². The molecule has 0 radical (unpaired) electrons. The highest BCUT2D eigenvalue weighted by Crippen LogP contribution is 2.26. The second kappa shape index (κ2) is 6.92. The molecule has 1 rings (SSSR count). The molecule has 0 unspecified atom stereocenters. The van der Waals surface area contributed by atoms with E-state index in [-0.39, 0.29) is 0 Å². The van der Waals surface area contributed by atoms with Crippen LogP contribution in [0.5, 0.6) is 5.75 Å². The first-order chi connectivity index (χ1) is 8.00. The van der Waals surface area contributed by atoms with Crippen LogP contribution >= 0.6 is 11.8 Å². The molecule has 1 atom stereocenters. The van der Waals surface area contributed by atoms with Crippen molar-refractivity contribution in [3.05, 3.63) is 29.3 Å². The van der Waals surface area contributed by atoms with E-state index in [1.54, 1.807) is 6.92 Å². The van der Waals surface area contributed by atoms with Gasteiger partial charge in [0.2, 0.25) is 0 Å². The summed E-state index contributed by atoms with van der Waals surface area (Å²) in [6.07, 6.45) is -0.483. The number of thioether (sulfide) groups is 1. The zero-order valence-electron chi connectivity index (χ0n) is 11.1. The standard InChI is InChI=1S/C14H22O2S/c1-10(2)17-8-7-16-14-9-11(3)5-6-13(14)12(4)15/h5-6,9-10,12,15H,7-8H2,1-4H3/t12-/m1/s1. The monoisotopic (exact) mass is 254 g/mol. The van der Waals surface area contributed by atoms with Crippen LogP contribution in [0.2, 0.25) is 0 Å². The van der Waals surface area contributed by atoms with Crippen LogP contribution in [0.1, 0.15) is 38.0 Å². The van der Waals surface area contributed by atoms with Gasteiger partial charge in [0, 0.05) is 11.3 Å². The van der Waals surface area contributed by atoms with Gasteiger partial charge in [-0.25, -0.2) is 0 Å². The number of benzene rings is 1. The van der Waals surface area contributed by atoms with E-state index in [0.29, 0.717) is 11.9 Å². The first-order valence-electron chi connectivity index (χ1n) is 6.03. The van der Waals surface area contributed by atoms with Crippen LogP contribution in [0.4, 0.5) is 0 Å². The van der Waals surface area contributed by atoms with Crippen LogP contribution < -0.4 is 4.74 Å². The minimum Gasteiger partial charge on any atom is -0.492 e. The van der Waals surface area contributed by atoms with E-state index in [0.717, 1.165) is 22.6 Å². The quantitative estimate of drug-likeness (QED) is 0.787. The van der Waals surface area contributed by atoms with E-state index in [2.05, 4.69) is 13.8 Å². The normalized spacial score (nSPS) is 12.8. The third kappa shape index (κ3) is 5.00. The highest BCUT2D eigenvalue weighted by Gasteiger charge is 2.09. The number of aliphatic hydroxyl groups excluding tert-OH is 1. The van der Waals surface area contributed by atoms with Gasteiger partial charge in [0.1, 0.15) is 5.75 Å². The molecule has 0 aliphatic carbocycles. The summed E-state index contributed by atoms with van der Waals surface area (Å²) in [5.41, 5.74) is 2.02. The Labute approximate surface area is 108 Å². The molecule has 0 saturated carbocycles. The number of aliphatic hydroxyl groups is 1. The SMILES string of the molecule is Cc1ccc([C@@H](C)O)c(OCCSC(C)C)c1. The topological polar surface area (TPSA) is 29.5 Å². The van der Waals surface area contributed by atoms with Crippen LogP contribution in [-0.2, 0) is 0 Å².